The van der Waals surface area contributed by atoms with E-state index in [1.165, 1.54) is 25.0 Å². The van der Waals surface area contributed by atoms with Gasteiger partial charge < -0.3 is 10.4 Å². The molecule has 0 aliphatic rings. The molecule has 4 nitrogen and oxygen atoms in total. The highest BCUT2D eigenvalue weighted by Crippen LogP contribution is 2.11. The number of benzene rings is 1. The van der Waals surface area contributed by atoms with E-state index in [1.807, 2.05) is 26.0 Å². The Morgan fingerprint density at radius 1 is 1.16 bits per heavy atom. The van der Waals surface area contributed by atoms with Crippen LogP contribution in [0.4, 0.5) is 0 Å². The Morgan fingerprint density at radius 3 is 2.16 bits per heavy atom. The van der Waals surface area contributed by atoms with Gasteiger partial charge in [0, 0.05) is 6.42 Å². The van der Waals surface area contributed by atoms with Crippen LogP contribution in [0.15, 0.2) is 18.2 Å². The number of aliphatic carboxylic acids is 1. The predicted molar refractivity (Wildman–Crippen MR) is 74.1 cm³/mol. The normalized spacial score (nSPS) is 11.2. The number of hydrogen-bond donors (Lipinski definition) is 2. The van der Waals surface area contributed by atoms with Gasteiger partial charge >= 0.3 is 5.97 Å². The lowest BCUT2D eigenvalue weighted by atomic mass is 10.0. The van der Waals surface area contributed by atoms with Crippen molar-refractivity contribution in [3.05, 3.63) is 34.9 Å². The molecule has 1 aromatic carbocycles. The quantitative estimate of drug-likeness (QED) is 0.856. The summed E-state index contributed by atoms with van der Waals surface area (Å²) in [5.74, 6) is -1.28. The molecular formula is C15H21NO3. The number of rotatable bonds is 5. The molecule has 2 N–H and O–H groups in total. The number of carboxylic acid groups (broad SMARTS) is 1. The Balaban J connectivity index is 2.57. The lowest BCUT2D eigenvalue weighted by Gasteiger charge is -2.20. The van der Waals surface area contributed by atoms with E-state index < -0.39 is 11.5 Å². The van der Waals surface area contributed by atoms with E-state index in [4.69, 9.17) is 5.11 Å². The van der Waals surface area contributed by atoms with Gasteiger partial charge in [0.05, 0.1) is 0 Å². The monoisotopic (exact) mass is 263 g/mol. The zero-order valence-corrected chi connectivity index (χ0v) is 11.9. The predicted octanol–water partition coefficient (Wildman–Crippen LogP) is 2.22. The Labute approximate surface area is 113 Å². The molecule has 4 heteroatoms. The van der Waals surface area contributed by atoms with Crippen LogP contribution in [0.3, 0.4) is 0 Å². The first-order valence-corrected chi connectivity index (χ1v) is 6.32. The highest BCUT2D eigenvalue weighted by Gasteiger charge is 2.28. The zero-order valence-electron chi connectivity index (χ0n) is 11.9. The highest BCUT2D eigenvalue weighted by atomic mass is 16.4. The lowest BCUT2D eigenvalue weighted by molar-refractivity contribution is -0.146. The van der Waals surface area contributed by atoms with Crippen molar-refractivity contribution in [1.82, 2.24) is 5.32 Å². The van der Waals surface area contributed by atoms with E-state index >= 15 is 0 Å². The van der Waals surface area contributed by atoms with Gasteiger partial charge in [-0.15, -0.1) is 0 Å². The number of nitrogens with one attached hydrogen (secondary N) is 1. The summed E-state index contributed by atoms with van der Waals surface area (Å²) in [6.45, 7) is 6.99. The van der Waals surface area contributed by atoms with Gasteiger partial charge in [-0.2, -0.15) is 0 Å². The van der Waals surface area contributed by atoms with E-state index in [9.17, 15) is 9.59 Å². The molecule has 0 unspecified atom stereocenters. The number of carboxylic acids is 1. The van der Waals surface area contributed by atoms with Crippen LogP contribution >= 0.6 is 0 Å². The van der Waals surface area contributed by atoms with E-state index in [-0.39, 0.29) is 5.91 Å². The molecule has 0 aromatic heterocycles. The maximum Gasteiger partial charge on any atom is 0.328 e. The maximum atomic E-state index is 11.7. The largest absolute Gasteiger partial charge is 0.480 e. The van der Waals surface area contributed by atoms with Crippen molar-refractivity contribution in [2.75, 3.05) is 0 Å². The summed E-state index contributed by atoms with van der Waals surface area (Å²) in [7, 11) is 0. The van der Waals surface area contributed by atoms with Gasteiger partial charge in [-0.1, -0.05) is 29.3 Å². The highest BCUT2D eigenvalue weighted by molar-refractivity contribution is 5.86. The van der Waals surface area contributed by atoms with Crippen molar-refractivity contribution < 1.29 is 14.7 Å². The first-order valence-electron chi connectivity index (χ1n) is 6.32. The van der Waals surface area contributed by atoms with Gasteiger partial charge in [-0.05, 0) is 39.7 Å². The van der Waals surface area contributed by atoms with E-state index in [2.05, 4.69) is 11.4 Å². The minimum Gasteiger partial charge on any atom is -0.480 e. The van der Waals surface area contributed by atoms with Gasteiger partial charge in [0.2, 0.25) is 5.91 Å². The minimum atomic E-state index is -1.22. The Kier molecular flexibility index (Phi) is 4.70. The van der Waals surface area contributed by atoms with Crippen molar-refractivity contribution in [1.29, 1.82) is 0 Å². The molecule has 0 atom stereocenters. The van der Waals surface area contributed by atoms with Crippen LogP contribution in [0.2, 0.25) is 0 Å². The van der Waals surface area contributed by atoms with Gasteiger partial charge in [0.15, 0.2) is 0 Å². The fourth-order valence-corrected chi connectivity index (χ4v) is 1.94. The third-order valence-electron chi connectivity index (χ3n) is 2.91. The van der Waals surface area contributed by atoms with Crippen molar-refractivity contribution in [3.8, 4) is 0 Å². The molecule has 0 heterocycles. The van der Waals surface area contributed by atoms with Crippen LogP contribution in [-0.2, 0) is 16.0 Å². The molecule has 0 aliphatic heterocycles. The summed E-state index contributed by atoms with van der Waals surface area (Å²) in [5.41, 5.74) is 2.21. The van der Waals surface area contributed by atoms with Gasteiger partial charge in [-0.3, -0.25) is 4.79 Å². The van der Waals surface area contributed by atoms with Crippen LogP contribution in [0, 0.1) is 13.8 Å². The molecule has 0 fully saturated rings. The zero-order chi connectivity index (χ0) is 14.6. The van der Waals surface area contributed by atoms with Crippen LogP contribution in [0.1, 0.15) is 37.0 Å². The van der Waals surface area contributed by atoms with Crippen molar-refractivity contribution >= 4 is 11.9 Å². The summed E-state index contributed by atoms with van der Waals surface area (Å²) >= 11 is 0. The smallest absolute Gasteiger partial charge is 0.328 e. The molecule has 1 rings (SSSR count). The molecule has 0 saturated carbocycles. The average Bonchev–Trinajstić information content (AvgIpc) is 2.24. The van der Waals surface area contributed by atoms with Gasteiger partial charge in [-0.25, -0.2) is 4.79 Å². The van der Waals surface area contributed by atoms with Gasteiger partial charge in [0.1, 0.15) is 5.54 Å². The molecule has 19 heavy (non-hydrogen) atoms. The second kappa shape index (κ2) is 5.87. The van der Waals surface area contributed by atoms with Gasteiger partial charge in [0.25, 0.3) is 0 Å². The number of hydrogen-bond acceptors (Lipinski definition) is 2. The van der Waals surface area contributed by atoms with Crippen LogP contribution in [0.25, 0.3) is 0 Å². The second-order valence-corrected chi connectivity index (χ2v) is 5.47. The number of carbonyl (C=O) groups excluding carboxylic acids is 1. The Morgan fingerprint density at radius 2 is 1.68 bits per heavy atom. The van der Waals surface area contributed by atoms with E-state index in [0.717, 1.165) is 5.56 Å². The molecule has 1 aromatic rings. The SMILES string of the molecule is Cc1cc(C)cc(CCC(=O)NC(C)(C)C(=O)O)c1. The molecule has 0 radical (unpaired) electrons. The summed E-state index contributed by atoms with van der Waals surface area (Å²) < 4.78 is 0. The number of carbonyl (C=O) groups is 2. The Hall–Kier alpha value is -1.84. The van der Waals surface area contributed by atoms with Crippen molar-refractivity contribution in [2.24, 2.45) is 0 Å². The number of amides is 1. The molecule has 0 bridgehead atoms. The van der Waals surface area contributed by atoms with Crippen molar-refractivity contribution in [2.45, 2.75) is 46.1 Å². The fourth-order valence-electron chi connectivity index (χ4n) is 1.94. The molecule has 0 aliphatic carbocycles. The summed E-state index contributed by atoms with van der Waals surface area (Å²) in [5, 5.41) is 11.5. The first kappa shape index (κ1) is 15.2. The summed E-state index contributed by atoms with van der Waals surface area (Å²) in [6, 6.07) is 6.17. The average molecular weight is 263 g/mol. The lowest BCUT2D eigenvalue weighted by Crippen LogP contribution is -2.49. The molecule has 1 amide bonds. The topological polar surface area (TPSA) is 66.4 Å². The van der Waals surface area contributed by atoms with Crippen LogP contribution in [-0.4, -0.2) is 22.5 Å². The van der Waals surface area contributed by atoms with E-state index in [0.29, 0.717) is 12.8 Å². The molecule has 0 saturated heterocycles. The third-order valence-corrected chi connectivity index (χ3v) is 2.91. The molecular weight excluding hydrogens is 242 g/mol. The minimum absolute atomic E-state index is 0.244. The first-order chi connectivity index (χ1) is 8.70. The molecule has 104 valence electrons. The van der Waals surface area contributed by atoms with Crippen LogP contribution in [0.5, 0.6) is 0 Å². The second-order valence-electron chi connectivity index (χ2n) is 5.47. The Bertz CT molecular complexity index is 472. The maximum absolute atomic E-state index is 11.7. The standard InChI is InChI=1S/C15H21NO3/c1-10-7-11(2)9-12(8-10)5-6-13(17)16-15(3,4)14(18)19/h7-9H,5-6H2,1-4H3,(H,16,17)(H,18,19). The number of aryl methyl sites for hydroxylation is 3. The summed E-state index contributed by atoms with van der Waals surface area (Å²) in [6.07, 6.45) is 0.906. The molecule has 0 spiro atoms. The third kappa shape index (κ3) is 4.73. The fraction of sp³-hybridized carbons (Fsp3) is 0.467. The summed E-state index contributed by atoms with van der Waals surface area (Å²) in [4.78, 5) is 22.6. The van der Waals surface area contributed by atoms with Crippen molar-refractivity contribution in [3.63, 3.8) is 0 Å². The van der Waals surface area contributed by atoms with Crippen LogP contribution < -0.4 is 5.32 Å². The van der Waals surface area contributed by atoms with E-state index in [1.54, 1.807) is 0 Å².